The molecule has 0 atom stereocenters. The van der Waals surface area contributed by atoms with Gasteiger partial charge in [0.2, 0.25) is 0 Å². The van der Waals surface area contributed by atoms with E-state index in [0.29, 0.717) is 37.5 Å². The number of nitrogens with one attached hydrogen (secondary N) is 1. The summed E-state index contributed by atoms with van der Waals surface area (Å²) in [5, 5.41) is 5.13. The Balaban J connectivity index is 1.98. The number of rotatable bonds is 4. The quantitative estimate of drug-likeness (QED) is 0.602. The molecule has 0 bridgehead atoms. The summed E-state index contributed by atoms with van der Waals surface area (Å²) in [5.41, 5.74) is 0.908. The Labute approximate surface area is 162 Å². The average Bonchev–Trinajstić information content (AvgIpc) is 3.40. The number of aromatic nitrogens is 2. The van der Waals surface area contributed by atoms with Crippen LogP contribution in [0.1, 0.15) is 12.8 Å². The summed E-state index contributed by atoms with van der Waals surface area (Å²) < 4.78 is 2.22. The first-order valence-corrected chi connectivity index (χ1v) is 9.50. The van der Waals surface area contributed by atoms with Gasteiger partial charge in [0.15, 0.2) is 0 Å². The fourth-order valence-electron chi connectivity index (χ4n) is 2.78. The molecule has 1 aromatic heterocycles. The van der Waals surface area contributed by atoms with Crippen molar-refractivity contribution in [3.8, 4) is 5.69 Å². The van der Waals surface area contributed by atoms with Crippen LogP contribution >= 0.6 is 39.1 Å². The molecule has 1 aliphatic carbocycles. The summed E-state index contributed by atoms with van der Waals surface area (Å²) >= 11 is 16.0. The maximum Gasteiger partial charge on any atom is 0.354 e. The number of benzene rings is 2. The SMILES string of the molecule is O=c1nc(NCC2CC2)c2cc(Cl)c(Br)cc2n1-c1ccccc1Cl. The van der Waals surface area contributed by atoms with Crippen LogP contribution < -0.4 is 11.0 Å². The number of anilines is 1. The van der Waals surface area contributed by atoms with Gasteiger partial charge in [-0.1, -0.05) is 35.3 Å². The Morgan fingerprint density at radius 3 is 2.68 bits per heavy atom. The molecule has 3 aromatic rings. The van der Waals surface area contributed by atoms with Gasteiger partial charge in [-0.15, -0.1) is 0 Å². The zero-order valence-electron chi connectivity index (χ0n) is 13.1. The van der Waals surface area contributed by atoms with Gasteiger partial charge in [0, 0.05) is 16.4 Å². The smallest absolute Gasteiger partial charge is 0.354 e. The second-order valence-electron chi connectivity index (χ2n) is 6.14. The molecular weight excluding hydrogens is 425 g/mol. The molecule has 0 unspecified atom stereocenters. The molecule has 4 rings (SSSR count). The lowest BCUT2D eigenvalue weighted by Crippen LogP contribution is -2.24. The number of halogens is 3. The van der Waals surface area contributed by atoms with Crippen molar-refractivity contribution in [2.75, 3.05) is 11.9 Å². The highest BCUT2D eigenvalue weighted by Gasteiger charge is 2.22. The van der Waals surface area contributed by atoms with Crippen molar-refractivity contribution in [1.82, 2.24) is 9.55 Å². The molecule has 1 fully saturated rings. The van der Waals surface area contributed by atoms with E-state index in [1.807, 2.05) is 24.3 Å². The van der Waals surface area contributed by atoms with E-state index in [0.717, 1.165) is 11.9 Å². The van der Waals surface area contributed by atoms with Crippen molar-refractivity contribution >= 4 is 55.9 Å². The molecule has 1 aliphatic rings. The van der Waals surface area contributed by atoms with Crippen molar-refractivity contribution in [3.05, 3.63) is 61.4 Å². The van der Waals surface area contributed by atoms with Gasteiger partial charge in [0.1, 0.15) is 5.82 Å². The molecule has 0 aliphatic heterocycles. The molecule has 25 heavy (non-hydrogen) atoms. The lowest BCUT2D eigenvalue weighted by atomic mass is 10.2. The second kappa shape index (κ2) is 6.63. The van der Waals surface area contributed by atoms with Gasteiger partial charge in [-0.3, -0.25) is 4.57 Å². The van der Waals surface area contributed by atoms with Crippen LogP contribution in [-0.2, 0) is 0 Å². The van der Waals surface area contributed by atoms with Gasteiger partial charge in [-0.25, -0.2) is 4.79 Å². The van der Waals surface area contributed by atoms with Crippen LogP contribution in [0.15, 0.2) is 45.7 Å². The van der Waals surface area contributed by atoms with Crippen molar-refractivity contribution < 1.29 is 0 Å². The van der Waals surface area contributed by atoms with Crippen molar-refractivity contribution in [1.29, 1.82) is 0 Å². The van der Waals surface area contributed by atoms with Crippen LogP contribution in [0, 0.1) is 5.92 Å². The van der Waals surface area contributed by atoms with Crippen molar-refractivity contribution in [2.45, 2.75) is 12.8 Å². The van der Waals surface area contributed by atoms with Gasteiger partial charge < -0.3 is 5.32 Å². The standard InChI is InChI=1S/C18H14BrCl2N3O/c19-12-8-16-11(7-14(12)21)17(22-9-10-5-6-10)23-18(25)24(16)15-4-2-1-3-13(15)20/h1-4,7-8,10H,5-6,9H2,(H,22,23,25). The Morgan fingerprint density at radius 2 is 1.96 bits per heavy atom. The fraction of sp³-hybridized carbons (Fsp3) is 0.222. The van der Waals surface area contributed by atoms with Gasteiger partial charge in [0.25, 0.3) is 0 Å². The van der Waals surface area contributed by atoms with E-state index in [1.54, 1.807) is 12.1 Å². The normalized spacial score (nSPS) is 14.0. The zero-order chi connectivity index (χ0) is 17.6. The number of nitrogens with zero attached hydrogens (tertiary/aromatic N) is 2. The van der Waals surface area contributed by atoms with Crippen LogP contribution in [0.5, 0.6) is 0 Å². The third kappa shape index (κ3) is 3.28. The third-order valence-electron chi connectivity index (χ3n) is 4.28. The second-order valence-corrected chi connectivity index (χ2v) is 7.81. The minimum Gasteiger partial charge on any atom is -0.369 e. The molecule has 0 radical (unpaired) electrons. The zero-order valence-corrected chi connectivity index (χ0v) is 16.2. The monoisotopic (exact) mass is 437 g/mol. The fourth-order valence-corrected chi connectivity index (χ4v) is 3.50. The molecule has 7 heteroatoms. The largest absolute Gasteiger partial charge is 0.369 e. The van der Waals surface area contributed by atoms with E-state index < -0.39 is 0 Å². The Bertz CT molecular complexity index is 1030. The first-order valence-electron chi connectivity index (χ1n) is 7.95. The van der Waals surface area contributed by atoms with Crippen LogP contribution in [0.4, 0.5) is 5.82 Å². The van der Waals surface area contributed by atoms with Crippen LogP contribution in [0.25, 0.3) is 16.6 Å². The maximum atomic E-state index is 12.8. The molecule has 4 nitrogen and oxygen atoms in total. The number of hydrogen-bond donors (Lipinski definition) is 1. The molecule has 0 saturated heterocycles. The third-order valence-corrected chi connectivity index (χ3v) is 5.80. The van der Waals surface area contributed by atoms with Gasteiger partial charge in [0.05, 0.1) is 21.2 Å². The topological polar surface area (TPSA) is 46.9 Å². The molecular formula is C18H14BrCl2N3O. The lowest BCUT2D eigenvalue weighted by Gasteiger charge is -2.15. The molecule has 1 saturated carbocycles. The predicted octanol–water partition coefficient (Wildman–Crippen LogP) is 5.28. The molecule has 1 heterocycles. The van der Waals surface area contributed by atoms with E-state index in [9.17, 15) is 4.79 Å². The summed E-state index contributed by atoms with van der Waals surface area (Å²) in [4.78, 5) is 17.0. The van der Waals surface area contributed by atoms with Crippen LogP contribution in [-0.4, -0.2) is 16.1 Å². The highest BCUT2D eigenvalue weighted by molar-refractivity contribution is 9.10. The van der Waals surface area contributed by atoms with E-state index in [2.05, 4.69) is 26.2 Å². The van der Waals surface area contributed by atoms with Gasteiger partial charge >= 0.3 is 5.69 Å². The predicted molar refractivity (Wildman–Crippen MR) is 106 cm³/mol. The minimum atomic E-state index is -0.381. The lowest BCUT2D eigenvalue weighted by molar-refractivity contribution is 0.875. The maximum absolute atomic E-state index is 12.8. The molecule has 128 valence electrons. The van der Waals surface area contributed by atoms with E-state index in [-0.39, 0.29) is 5.69 Å². The average molecular weight is 439 g/mol. The Morgan fingerprint density at radius 1 is 1.20 bits per heavy atom. The highest BCUT2D eigenvalue weighted by Crippen LogP contribution is 2.34. The van der Waals surface area contributed by atoms with Crippen molar-refractivity contribution in [3.63, 3.8) is 0 Å². The first-order chi connectivity index (χ1) is 12.0. The first kappa shape index (κ1) is 16.9. The molecule has 1 N–H and O–H groups in total. The highest BCUT2D eigenvalue weighted by atomic mass is 79.9. The van der Waals surface area contributed by atoms with Crippen molar-refractivity contribution in [2.24, 2.45) is 5.92 Å². The molecule has 2 aromatic carbocycles. The number of hydrogen-bond acceptors (Lipinski definition) is 3. The Kier molecular flexibility index (Phi) is 4.48. The summed E-state index contributed by atoms with van der Waals surface area (Å²) in [6.45, 7) is 0.811. The van der Waals surface area contributed by atoms with Crippen LogP contribution in [0.3, 0.4) is 0 Å². The van der Waals surface area contributed by atoms with Gasteiger partial charge in [-0.2, -0.15) is 4.98 Å². The summed E-state index contributed by atoms with van der Waals surface area (Å²) in [6, 6.07) is 10.8. The number of para-hydroxylation sites is 1. The van der Waals surface area contributed by atoms with E-state index in [4.69, 9.17) is 23.2 Å². The van der Waals surface area contributed by atoms with E-state index >= 15 is 0 Å². The Hall–Kier alpha value is -1.56. The van der Waals surface area contributed by atoms with Crippen LogP contribution in [0.2, 0.25) is 10.0 Å². The summed E-state index contributed by atoms with van der Waals surface area (Å²) in [7, 11) is 0. The van der Waals surface area contributed by atoms with Gasteiger partial charge in [-0.05, 0) is 59.0 Å². The minimum absolute atomic E-state index is 0.381. The molecule has 0 amide bonds. The molecule has 0 spiro atoms. The summed E-state index contributed by atoms with van der Waals surface area (Å²) in [5.74, 6) is 1.22. The number of fused-ring (bicyclic) bond motifs is 1. The summed E-state index contributed by atoms with van der Waals surface area (Å²) in [6.07, 6.45) is 2.43. The van der Waals surface area contributed by atoms with E-state index in [1.165, 1.54) is 17.4 Å².